The molecule has 1 saturated heterocycles. The van der Waals surface area contributed by atoms with Crippen molar-refractivity contribution in [1.82, 2.24) is 10.2 Å². The SMILES string of the molecule is CCCNC(CN1CCCC(C)(C)CC1)C(=O)OC. The van der Waals surface area contributed by atoms with Crippen LogP contribution in [0.1, 0.15) is 46.5 Å². The average Bonchev–Trinajstić information content (AvgIpc) is 2.55. The van der Waals surface area contributed by atoms with E-state index in [-0.39, 0.29) is 12.0 Å². The summed E-state index contributed by atoms with van der Waals surface area (Å²) < 4.78 is 4.90. The summed E-state index contributed by atoms with van der Waals surface area (Å²) in [5.41, 5.74) is 0.437. The Bertz CT molecular complexity index is 279. The number of ether oxygens (including phenoxy) is 1. The van der Waals surface area contributed by atoms with Crippen LogP contribution < -0.4 is 5.32 Å². The molecule has 1 atom stereocenters. The zero-order chi connectivity index (χ0) is 14.3. The molecule has 0 bridgehead atoms. The van der Waals surface area contributed by atoms with Gasteiger partial charge in [-0.15, -0.1) is 0 Å². The van der Waals surface area contributed by atoms with Gasteiger partial charge in [-0.3, -0.25) is 4.79 Å². The smallest absolute Gasteiger partial charge is 0.324 e. The van der Waals surface area contributed by atoms with Crippen LogP contribution in [0.5, 0.6) is 0 Å². The minimum atomic E-state index is -0.189. The molecule has 1 fully saturated rings. The molecule has 112 valence electrons. The van der Waals surface area contributed by atoms with Gasteiger partial charge < -0.3 is 15.0 Å². The molecular weight excluding hydrogens is 240 g/mol. The number of likely N-dealkylation sites (tertiary alicyclic amines) is 1. The zero-order valence-electron chi connectivity index (χ0n) is 13.0. The van der Waals surface area contributed by atoms with Gasteiger partial charge in [-0.05, 0) is 50.7 Å². The minimum Gasteiger partial charge on any atom is -0.468 e. The number of hydrogen-bond acceptors (Lipinski definition) is 4. The van der Waals surface area contributed by atoms with Crippen molar-refractivity contribution in [3.8, 4) is 0 Å². The van der Waals surface area contributed by atoms with Gasteiger partial charge >= 0.3 is 5.97 Å². The first-order valence-corrected chi connectivity index (χ1v) is 7.52. The Morgan fingerprint density at radius 1 is 1.37 bits per heavy atom. The first-order chi connectivity index (χ1) is 8.98. The second kappa shape index (κ2) is 7.85. The standard InChI is InChI=1S/C15H30N2O2/c1-5-9-16-13(14(18)19-4)12-17-10-6-7-15(2,3)8-11-17/h13,16H,5-12H2,1-4H3. The van der Waals surface area contributed by atoms with Crippen LogP contribution in [0.4, 0.5) is 0 Å². The zero-order valence-corrected chi connectivity index (χ0v) is 13.0. The van der Waals surface area contributed by atoms with Crippen LogP contribution in [-0.4, -0.2) is 50.2 Å². The fourth-order valence-electron chi connectivity index (χ4n) is 2.60. The lowest BCUT2D eigenvalue weighted by Gasteiger charge is -2.26. The summed E-state index contributed by atoms with van der Waals surface area (Å²) in [5, 5.41) is 3.29. The molecule has 0 amide bonds. The van der Waals surface area contributed by atoms with E-state index in [2.05, 4.69) is 31.0 Å². The van der Waals surface area contributed by atoms with E-state index in [0.717, 1.165) is 32.6 Å². The first kappa shape index (κ1) is 16.4. The normalized spacial score (nSPS) is 21.7. The van der Waals surface area contributed by atoms with E-state index in [9.17, 15) is 4.79 Å². The number of methoxy groups -OCH3 is 1. The van der Waals surface area contributed by atoms with Crippen molar-refractivity contribution in [2.24, 2.45) is 5.41 Å². The third-order valence-corrected chi connectivity index (χ3v) is 4.00. The number of hydrogen-bond donors (Lipinski definition) is 1. The molecule has 1 N–H and O–H groups in total. The van der Waals surface area contributed by atoms with E-state index in [1.54, 1.807) is 0 Å². The highest BCUT2D eigenvalue weighted by Gasteiger charge is 2.26. The van der Waals surface area contributed by atoms with Crippen LogP contribution >= 0.6 is 0 Å². The Hall–Kier alpha value is -0.610. The molecule has 1 aliphatic heterocycles. The number of rotatable bonds is 6. The maximum absolute atomic E-state index is 11.8. The highest BCUT2D eigenvalue weighted by Crippen LogP contribution is 2.29. The molecule has 4 heteroatoms. The maximum atomic E-state index is 11.8. The van der Waals surface area contributed by atoms with Crippen LogP contribution in [-0.2, 0) is 9.53 Å². The van der Waals surface area contributed by atoms with Crippen LogP contribution in [0.15, 0.2) is 0 Å². The van der Waals surface area contributed by atoms with Gasteiger partial charge in [-0.2, -0.15) is 0 Å². The lowest BCUT2D eigenvalue weighted by Crippen LogP contribution is -2.47. The van der Waals surface area contributed by atoms with Gasteiger partial charge in [-0.1, -0.05) is 20.8 Å². The molecular formula is C15H30N2O2. The second-order valence-corrected chi connectivity index (χ2v) is 6.35. The molecule has 0 radical (unpaired) electrons. The lowest BCUT2D eigenvalue weighted by molar-refractivity contribution is -0.143. The van der Waals surface area contributed by atoms with E-state index in [1.807, 2.05) is 0 Å². The van der Waals surface area contributed by atoms with Crippen molar-refractivity contribution in [2.75, 3.05) is 33.3 Å². The van der Waals surface area contributed by atoms with Crippen molar-refractivity contribution in [3.63, 3.8) is 0 Å². The Kier molecular flexibility index (Phi) is 6.80. The Morgan fingerprint density at radius 2 is 2.11 bits per heavy atom. The molecule has 0 spiro atoms. The Labute approximate surface area is 117 Å². The molecule has 0 saturated carbocycles. The monoisotopic (exact) mass is 270 g/mol. The van der Waals surface area contributed by atoms with E-state index in [0.29, 0.717) is 5.41 Å². The summed E-state index contributed by atoms with van der Waals surface area (Å²) in [4.78, 5) is 14.2. The number of nitrogens with one attached hydrogen (secondary N) is 1. The fourth-order valence-corrected chi connectivity index (χ4v) is 2.60. The summed E-state index contributed by atoms with van der Waals surface area (Å²) in [6, 6.07) is -0.189. The van der Waals surface area contributed by atoms with Crippen molar-refractivity contribution in [1.29, 1.82) is 0 Å². The van der Waals surface area contributed by atoms with Gasteiger partial charge in [0.05, 0.1) is 7.11 Å². The van der Waals surface area contributed by atoms with Crippen LogP contribution in [0, 0.1) is 5.41 Å². The maximum Gasteiger partial charge on any atom is 0.324 e. The summed E-state index contributed by atoms with van der Waals surface area (Å²) in [7, 11) is 1.47. The summed E-state index contributed by atoms with van der Waals surface area (Å²) in [6.45, 7) is 10.6. The second-order valence-electron chi connectivity index (χ2n) is 6.35. The Balaban J connectivity index is 2.50. The molecule has 1 aliphatic rings. The number of carbonyl (C=O) groups is 1. The summed E-state index contributed by atoms with van der Waals surface area (Å²) >= 11 is 0. The van der Waals surface area contributed by atoms with Gasteiger partial charge in [0.15, 0.2) is 0 Å². The first-order valence-electron chi connectivity index (χ1n) is 7.52. The van der Waals surface area contributed by atoms with Crippen molar-refractivity contribution >= 4 is 5.97 Å². The third-order valence-electron chi connectivity index (χ3n) is 4.00. The molecule has 1 unspecified atom stereocenters. The van der Waals surface area contributed by atoms with E-state index in [1.165, 1.54) is 26.4 Å². The fraction of sp³-hybridized carbons (Fsp3) is 0.933. The Morgan fingerprint density at radius 3 is 2.74 bits per heavy atom. The number of esters is 1. The van der Waals surface area contributed by atoms with Crippen molar-refractivity contribution in [3.05, 3.63) is 0 Å². The molecule has 1 heterocycles. The molecule has 0 aliphatic carbocycles. The van der Waals surface area contributed by atoms with E-state index in [4.69, 9.17) is 4.74 Å². The van der Waals surface area contributed by atoms with Crippen molar-refractivity contribution < 1.29 is 9.53 Å². The highest BCUT2D eigenvalue weighted by atomic mass is 16.5. The average molecular weight is 270 g/mol. The molecule has 0 aromatic heterocycles. The quantitative estimate of drug-likeness (QED) is 0.750. The predicted octanol–water partition coefficient (Wildman–Crippen LogP) is 2.04. The number of carbonyl (C=O) groups excluding carboxylic acids is 1. The molecule has 19 heavy (non-hydrogen) atoms. The van der Waals surface area contributed by atoms with Gasteiger partial charge in [-0.25, -0.2) is 0 Å². The topological polar surface area (TPSA) is 41.6 Å². The number of nitrogens with zero attached hydrogens (tertiary/aromatic N) is 1. The molecule has 0 aromatic rings. The van der Waals surface area contributed by atoms with Crippen LogP contribution in [0.3, 0.4) is 0 Å². The van der Waals surface area contributed by atoms with Crippen LogP contribution in [0.2, 0.25) is 0 Å². The van der Waals surface area contributed by atoms with E-state index < -0.39 is 0 Å². The van der Waals surface area contributed by atoms with Crippen LogP contribution in [0.25, 0.3) is 0 Å². The molecule has 0 aromatic carbocycles. The van der Waals surface area contributed by atoms with Gasteiger partial charge in [0, 0.05) is 6.54 Å². The predicted molar refractivity (Wildman–Crippen MR) is 78.2 cm³/mol. The molecule has 1 rings (SSSR count). The summed E-state index contributed by atoms with van der Waals surface area (Å²) in [6.07, 6.45) is 4.72. The third kappa shape index (κ3) is 5.91. The molecule has 4 nitrogen and oxygen atoms in total. The van der Waals surface area contributed by atoms with E-state index >= 15 is 0 Å². The minimum absolute atomic E-state index is 0.142. The van der Waals surface area contributed by atoms with Gasteiger partial charge in [0.25, 0.3) is 0 Å². The largest absolute Gasteiger partial charge is 0.468 e. The van der Waals surface area contributed by atoms with Crippen molar-refractivity contribution in [2.45, 2.75) is 52.5 Å². The summed E-state index contributed by atoms with van der Waals surface area (Å²) in [5.74, 6) is -0.142. The highest BCUT2D eigenvalue weighted by molar-refractivity contribution is 5.75. The van der Waals surface area contributed by atoms with Gasteiger partial charge in [0.1, 0.15) is 6.04 Å². The lowest BCUT2D eigenvalue weighted by atomic mass is 9.85. The van der Waals surface area contributed by atoms with Gasteiger partial charge in [0.2, 0.25) is 0 Å².